The summed E-state index contributed by atoms with van der Waals surface area (Å²) in [6.45, 7) is 6.15. The molecule has 0 spiro atoms. The first-order valence-electron chi connectivity index (χ1n) is 11.6. The lowest BCUT2D eigenvalue weighted by molar-refractivity contribution is 0.0640. The number of benzene rings is 2. The van der Waals surface area contributed by atoms with Gasteiger partial charge in [-0.15, -0.1) is 0 Å². The van der Waals surface area contributed by atoms with Gasteiger partial charge in [-0.1, -0.05) is 54.6 Å². The number of piperazine rings is 1. The Hall–Kier alpha value is -3.64. The Kier molecular flexibility index (Phi) is 6.32. The molecule has 0 bridgehead atoms. The van der Waals surface area contributed by atoms with Crippen molar-refractivity contribution in [3.05, 3.63) is 101 Å². The van der Waals surface area contributed by atoms with Crippen LogP contribution in [0.15, 0.2) is 77.2 Å². The number of furan rings is 1. The van der Waals surface area contributed by atoms with Gasteiger partial charge in [-0.2, -0.15) is 0 Å². The highest BCUT2D eigenvalue weighted by Gasteiger charge is 2.26. The van der Waals surface area contributed by atoms with Crippen LogP contribution < -0.4 is 0 Å². The van der Waals surface area contributed by atoms with E-state index in [1.165, 1.54) is 17.7 Å². The molecule has 0 saturated carbocycles. The fraction of sp³-hybridized carbons (Fsp3) is 0.250. The number of aryl methyl sites for hydroxylation is 1. The zero-order valence-electron chi connectivity index (χ0n) is 19.3. The molecule has 0 radical (unpaired) electrons. The van der Waals surface area contributed by atoms with Crippen molar-refractivity contribution >= 4 is 23.1 Å². The first-order valence-corrected chi connectivity index (χ1v) is 11.6. The number of amides is 1. The standard InChI is InChI=1S/C28H28FN3O2/c1-21-17-25-27(34-21)19-26(32(25)20-23-9-5-11-24(29)18-23)28(33)31-15-13-30(14-16-31)12-6-10-22-7-3-2-4-8-22/h2-11,17-19H,12-16,20H2,1H3. The summed E-state index contributed by atoms with van der Waals surface area (Å²) in [5, 5.41) is 0. The van der Waals surface area contributed by atoms with Crippen LogP contribution in [0.2, 0.25) is 0 Å². The summed E-state index contributed by atoms with van der Waals surface area (Å²) in [6.07, 6.45) is 4.31. The highest BCUT2D eigenvalue weighted by Crippen LogP contribution is 2.26. The summed E-state index contributed by atoms with van der Waals surface area (Å²) in [4.78, 5) is 17.7. The second kappa shape index (κ2) is 9.69. The minimum absolute atomic E-state index is 0.0140. The van der Waals surface area contributed by atoms with Crippen molar-refractivity contribution in [3.63, 3.8) is 0 Å². The number of rotatable bonds is 6. The molecule has 34 heavy (non-hydrogen) atoms. The zero-order valence-corrected chi connectivity index (χ0v) is 19.3. The number of nitrogens with zero attached hydrogens (tertiary/aromatic N) is 3. The summed E-state index contributed by atoms with van der Waals surface area (Å²) >= 11 is 0. The van der Waals surface area contributed by atoms with Crippen molar-refractivity contribution in [2.24, 2.45) is 0 Å². The molecule has 1 saturated heterocycles. The molecule has 1 fully saturated rings. The second-order valence-electron chi connectivity index (χ2n) is 8.76. The molecule has 0 unspecified atom stereocenters. The molecule has 174 valence electrons. The van der Waals surface area contributed by atoms with Gasteiger partial charge in [0.05, 0.1) is 5.52 Å². The third kappa shape index (κ3) is 4.82. The number of aromatic nitrogens is 1. The van der Waals surface area contributed by atoms with Crippen LogP contribution in [0.5, 0.6) is 0 Å². The molecule has 0 N–H and O–H groups in total. The molecule has 2 aromatic heterocycles. The highest BCUT2D eigenvalue weighted by molar-refractivity contribution is 5.97. The molecule has 0 atom stereocenters. The molecular formula is C28H28FN3O2. The maximum absolute atomic E-state index is 13.8. The van der Waals surface area contributed by atoms with E-state index in [-0.39, 0.29) is 11.7 Å². The SMILES string of the molecule is Cc1cc2c(cc(C(=O)N3CCN(CC=Cc4ccccc4)CC3)n2Cc2cccc(F)c2)o1. The molecule has 4 aromatic rings. The van der Waals surface area contributed by atoms with E-state index in [1.807, 2.05) is 52.8 Å². The van der Waals surface area contributed by atoms with Crippen LogP contribution in [0.25, 0.3) is 17.2 Å². The molecule has 1 aliphatic heterocycles. The van der Waals surface area contributed by atoms with Gasteiger partial charge in [0.15, 0.2) is 5.58 Å². The van der Waals surface area contributed by atoms with Crippen molar-refractivity contribution in [1.82, 2.24) is 14.4 Å². The van der Waals surface area contributed by atoms with E-state index in [0.29, 0.717) is 30.9 Å². The average molecular weight is 458 g/mol. The van der Waals surface area contributed by atoms with Gasteiger partial charge in [0.2, 0.25) is 0 Å². The Morgan fingerprint density at radius 3 is 2.56 bits per heavy atom. The molecule has 1 amide bonds. The topological polar surface area (TPSA) is 41.6 Å². The van der Waals surface area contributed by atoms with E-state index >= 15 is 0 Å². The lowest BCUT2D eigenvalue weighted by atomic mass is 10.2. The van der Waals surface area contributed by atoms with Gasteiger partial charge in [-0.3, -0.25) is 9.69 Å². The van der Waals surface area contributed by atoms with E-state index in [4.69, 9.17) is 4.42 Å². The normalized spacial score (nSPS) is 14.9. The number of hydrogen-bond acceptors (Lipinski definition) is 3. The minimum Gasteiger partial charge on any atom is -0.460 e. The molecular weight excluding hydrogens is 429 g/mol. The predicted molar refractivity (Wildman–Crippen MR) is 132 cm³/mol. The van der Waals surface area contributed by atoms with Crippen LogP contribution in [0.3, 0.4) is 0 Å². The van der Waals surface area contributed by atoms with E-state index < -0.39 is 0 Å². The quantitative estimate of drug-likeness (QED) is 0.400. The van der Waals surface area contributed by atoms with Crippen molar-refractivity contribution < 1.29 is 13.6 Å². The Balaban J connectivity index is 1.28. The Bertz CT molecular complexity index is 1310. The van der Waals surface area contributed by atoms with Crippen molar-refractivity contribution in [2.45, 2.75) is 13.5 Å². The van der Waals surface area contributed by atoms with Gasteiger partial charge in [0, 0.05) is 51.4 Å². The summed E-state index contributed by atoms with van der Waals surface area (Å²) < 4.78 is 21.5. The Morgan fingerprint density at radius 2 is 1.79 bits per heavy atom. The Labute approximate surface area is 198 Å². The molecule has 2 aromatic carbocycles. The maximum Gasteiger partial charge on any atom is 0.270 e. The van der Waals surface area contributed by atoms with Crippen LogP contribution in [-0.4, -0.2) is 53.0 Å². The smallest absolute Gasteiger partial charge is 0.270 e. The average Bonchev–Trinajstić information content (AvgIpc) is 3.36. The van der Waals surface area contributed by atoms with Crippen LogP contribution >= 0.6 is 0 Å². The lowest BCUT2D eigenvalue weighted by Gasteiger charge is -2.34. The van der Waals surface area contributed by atoms with Gasteiger partial charge in [-0.25, -0.2) is 4.39 Å². The molecule has 0 aliphatic carbocycles. The van der Waals surface area contributed by atoms with Crippen molar-refractivity contribution in [3.8, 4) is 0 Å². The fourth-order valence-corrected chi connectivity index (χ4v) is 4.53. The minimum atomic E-state index is -0.283. The van der Waals surface area contributed by atoms with Gasteiger partial charge in [-0.05, 0) is 30.2 Å². The zero-order chi connectivity index (χ0) is 23.5. The summed E-state index contributed by atoms with van der Waals surface area (Å²) in [5.41, 5.74) is 4.11. The molecule has 1 aliphatic rings. The van der Waals surface area contributed by atoms with Gasteiger partial charge in [0.1, 0.15) is 17.3 Å². The Morgan fingerprint density at radius 1 is 1.00 bits per heavy atom. The summed E-state index contributed by atoms with van der Waals surface area (Å²) in [6, 6.07) is 20.5. The van der Waals surface area contributed by atoms with Crippen LogP contribution in [0.4, 0.5) is 4.39 Å². The number of fused-ring (bicyclic) bond motifs is 1. The largest absolute Gasteiger partial charge is 0.460 e. The predicted octanol–water partition coefficient (Wildman–Crippen LogP) is 5.20. The summed E-state index contributed by atoms with van der Waals surface area (Å²) in [7, 11) is 0. The third-order valence-corrected chi connectivity index (χ3v) is 6.29. The van der Waals surface area contributed by atoms with E-state index in [2.05, 4.69) is 29.2 Å². The maximum atomic E-state index is 13.8. The molecule has 5 nitrogen and oxygen atoms in total. The summed E-state index contributed by atoms with van der Waals surface area (Å²) in [5.74, 6) is 0.490. The third-order valence-electron chi connectivity index (χ3n) is 6.29. The number of halogens is 1. The molecule has 3 heterocycles. The fourth-order valence-electron chi connectivity index (χ4n) is 4.53. The monoisotopic (exact) mass is 457 g/mol. The van der Waals surface area contributed by atoms with E-state index in [0.717, 1.165) is 36.5 Å². The van der Waals surface area contributed by atoms with Gasteiger partial charge in [0.25, 0.3) is 5.91 Å². The van der Waals surface area contributed by atoms with Crippen LogP contribution in [0, 0.1) is 12.7 Å². The van der Waals surface area contributed by atoms with Gasteiger partial charge >= 0.3 is 0 Å². The van der Waals surface area contributed by atoms with Crippen LogP contribution in [0.1, 0.15) is 27.4 Å². The molecule has 6 heteroatoms. The van der Waals surface area contributed by atoms with Crippen molar-refractivity contribution in [2.75, 3.05) is 32.7 Å². The van der Waals surface area contributed by atoms with Crippen molar-refractivity contribution in [1.29, 1.82) is 0 Å². The second-order valence-corrected chi connectivity index (χ2v) is 8.76. The number of carbonyl (C=O) groups is 1. The van der Waals surface area contributed by atoms with Crippen LogP contribution in [-0.2, 0) is 6.54 Å². The molecule has 5 rings (SSSR count). The first-order chi connectivity index (χ1) is 16.6. The number of carbonyl (C=O) groups excluding carboxylic acids is 1. The van der Waals surface area contributed by atoms with Gasteiger partial charge < -0.3 is 13.9 Å². The van der Waals surface area contributed by atoms with E-state index in [9.17, 15) is 9.18 Å². The van der Waals surface area contributed by atoms with E-state index in [1.54, 1.807) is 6.07 Å². The first kappa shape index (κ1) is 22.2. The highest BCUT2D eigenvalue weighted by atomic mass is 19.1. The lowest BCUT2D eigenvalue weighted by Crippen LogP contribution is -2.49. The number of hydrogen-bond donors (Lipinski definition) is 0.